The van der Waals surface area contributed by atoms with Crippen LogP contribution in [0.15, 0.2) is 41.8 Å². The van der Waals surface area contributed by atoms with Gasteiger partial charge in [0.25, 0.3) is 0 Å². The van der Waals surface area contributed by atoms with Crippen LogP contribution in [0.1, 0.15) is 10.4 Å². The number of ether oxygens (including phenoxy) is 2. The number of carbonyl (C=O) groups excluding carboxylic acids is 1. The summed E-state index contributed by atoms with van der Waals surface area (Å²) in [5.41, 5.74) is -0.389. The number of benzene rings is 1. The van der Waals surface area contributed by atoms with E-state index in [-0.39, 0.29) is 19.1 Å². The van der Waals surface area contributed by atoms with Crippen LogP contribution in [0.3, 0.4) is 0 Å². The molecule has 0 saturated carbocycles. The molecular weight excluding hydrogens is 330 g/mol. The van der Waals surface area contributed by atoms with E-state index in [2.05, 4.69) is 5.32 Å². The second-order valence-electron chi connectivity index (χ2n) is 5.47. The van der Waals surface area contributed by atoms with Gasteiger partial charge in [-0.15, -0.1) is 11.3 Å². The third-order valence-corrected chi connectivity index (χ3v) is 4.62. The van der Waals surface area contributed by atoms with Crippen LogP contribution in [-0.2, 0) is 26.5 Å². The summed E-state index contributed by atoms with van der Waals surface area (Å²) in [4.78, 5) is 23.0. The molecule has 2 N–H and O–H groups in total. The van der Waals surface area contributed by atoms with Crippen molar-refractivity contribution in [2.45, 2.75) is 18.2 Å². The monoisotopic (exact) mass is 347 g/mol. The summed E-state index contributed by atoms with van der Waals surface area (Å²) in [6.07, 6.45) is 0.466. The summed E-state index contributed by atoms with van der Waals surface area (Å²) in [5, 5.41) is 13.7. The highest BCUT2D eigenvalue weighted by atomic mass is 32.1. The van der Waals surface area contributed by atoms with E-state index >= 15 is 0 Å². The third kappa shape index (κ3) is 3.64. The van der Waals surface area contributed by atoms with E-state index in [0.29, 0.717) is 12.3 Å². The Morgan fingerprint density at radius 2 is 2.25 bits per heavy atom. The largest absolute Gasteiger partial charge is 0.490 e. The van der Waals surface area contributed by atoms with Gasteiger partial charge in [0.1, 0.15) is 18.5 Å². The van der Waals surface area contributed by atoms with Crippen molar-refractivity contribution in [2.24, 2.45) is 0 Å². The van der Waals surface area contributed by atoms with Crippen LogP contribution in [0, 0.1) is 0 Å². The molecule has 0 spiro atoms. The highest BCUT2D eigenvalue weighted by Crippen LogP contribution is 2.28. The SMILES string of the molecule is O=CC1(c2ccccc2)NCC(COc2csc(CC(=O)O)c2)O1. The van der Waals surface area contributed by atoms with Gasteiger partial charge in [-0.2, -0.15) is 0 Å². The Bertz CT molecular complexity index is 717. The number of rotatable bonds is 7. The van der Waals surface area contributed by atoms with E-state index < -0.39 is 11.7 Å². The minimum Gasteiger partial charge on any atom is -0.490 e. The van der Waals surface area contributed by atoms with Crippen LogP contribution in [0.5, 0.6) is 5.75 Å². The number of aliphatic carboxylic acids is 1. The number of hydrogen-bond acceptors (Lipinski definition) is 6. The minimum absolute atomic E-state index is 0.0161. The Labute approximate surface area is 143 Å². The molecule has 1 aliphatic rings. The minimum atomic E-state index is -1.14. The Morgan fingerprint density at radius 3 is 2.96 bits per heavy atom. The molecule has 2 heterocycles. The lowest BCUT2D eigenvalue weighted by Crippen LogP contribution is -2.39. The summed E-state index contributed by atoms with van der Waals surface area (Å²) in [5.74, 6) is -0.256. The lowest BCUT2D eigenvalue weighted by molar-refractivity contribution is -0.136. The Balaban J connectivity index is 1.59. The average molecular weight is 347 g/mol. The van der Waals surface area contributed by atoms with Gasteiger partial charge in [-0.1, -0.05) is 30.3 Å². The lowest BCUT2D eigenvalue weighted by atomic mass is 10.1. The molecule has 0 bridgehead atoms. The van der Waals surface area contributed by atoms with Crippen LogP contribution in [0.25, 0.3) is 0 Å². The Hall–Kier alpha value is -2.22. The molecule has 7 heteroatoms. The Kier molecular flexibility index (Phi) is 4.94. The summed E-state index contributed by atoms with van der Waals surface area (Å²) in [6.45, 7) is 0.762. The molecule has 2 unspecified atom stereocenters. The summed E-state index contributed by atoms with van der Waals surface area (Å²) in [7, 11) is 0. The van der Waals surface area contributed by atoms with Gasteiger partial charge in [0.2, 0.25) is 5.72 Å². The first-order chi connectivity index (χ1) is 11.6. The van der Waals surface area contributed by atoms with E-state index in [9.17, 15) is 9.59 Å². The third-order valence-electron chi connectivity index (χ3n) is 3.70. The van der Waals surface area contributed by atoms with Gasteiger partial charge in [-0.3, -0.25) is 14.9 Å². The van der Waals surface area contributed by atoms with Crippen molar-refractivity contribution in [1.29, 1.82) is 0 Å². The summed E-state index contributed by atoms with van der Waals surface area (Å²) < 4.78 is 11.5. The van der Waals surface area contributed by atoms with Crippen molar-refractivity contribution in [3.8, 4) is 5.75 Å². The number of aldehydes is 1. The first-order valence-electron chi connectivity index (χ1n) is 7.48. The van der Waals surface area contributed by atoms with Gasteiger partial charge in [0.05, 0.1) is 6.42 Å². The van der Waals surface area contributed by atoms with Gasteiger partial charge in [0, 0.05) is 22.4 Å². The van der Waals surface area contributed by atoms with Crippen molar-refractivity contribution < 1.29 is 24.2 Å². The molecular formula is C17H17NO5S. The fraction of sp³-hybridized carbons (Fsp3) is 0.294. The molecule has 0 radical (unpaired) electrons. The first kappa shape index (κ1) is 16.6. The number of carboxylic acid groups (broad SMARTS) is 1. The van der Waals surface area contributed by atoms with Gasteiger partial charge >= 0.3 is 5.97 Å². The molecule has 2 aromatic rings. The van der Waals surface area contributed by atoms with Crippen molar-refractivity contribution in [2.75, 3.05) is 13.2 Å². The molecule has 1 aromatic carbocycles. The topological polar surface area (TPSA) is 84.9 Å². The van der Waals surface area contributed by atoms with E-state index in [1.165, 1.54) is 11.3 Å². The molecule has 126 valence electrons. The number of nitrogens with one attached hydrogen (secondary N) is 1. The van der Waals surface area contributed by atoms with Crippen LogP contribution >= 0.6 is 11.3 Å². The second kappa shape index (κ2) is 7.12. The highest BCUT2D eigenvalue weighted by Gasteiger charge is 2.41. The van der Waals surface area contributed by atoms with Crippen LogP contribution in [-0.4, -0.2) is 36.6 Å². The van der Waals surface area contributed by atoms with Gasteiger partial charge in [0.15, 0.2) is 6.29 Å². The summed E-state index contributed by atoms with van der Waals surface area (Å²) in [6, 6.07) is 11.0. The quantitative estimate of drug-likeness (QED) is 0.743. The van der Waals surface area contributed by atoms with E-state index in [1.807, 2.05) is 30.3 Å². The fourth-order valence-corrected chi connectivity index (χ4v) is 3.36. The Morgan fingerprint density at radius 1 is 1.46 bits per heavy atom. The normalized spacial score (nSPS) is 23.1. The molecule has 2 atom stereocenters. The van der Waals surface area contributed by atoms with Crippen LogP contribution in [0.2, 0.25) is 0 Å². The zero-order valence-corrected chi connectivity index (χ0v) is 13.6. The van der Waals surface area contributed by atoms with Gasteiger partial charge in [-0.25, -0.2) is 0 Å². The van der Waals surface area contributed by atoms with E-state index in [1.54, 1.807) is 11.4 Å². The van der Waals surface area contributed by atoms with Crippen molar-refractivity contribution in [3.05, 3.63) is 52.2 Å². The van der Waals surface area contributed by atoms with Gasteiger partial charge in [-0.05, 0) is 6.07 Å². The molecule has 0 aliphatic carbocycles. The lowest BCUT2D eigenvalue weighted by Gasteiger charge is -2.23. The first-order valence-corrected chi connectivity index (χ1v) is 8.36. The molecule has 1 saturated heterocycles. The zero-order valence-electron chi connectivity index (χ0n) is 12.8. The predicted molar refractivity (Wildman–Crippen MR) is 88.2 cm³/mol. The highest BCUT2D eigenvalue weighted by molar-refractivity contribution is 7.10. The average Bonchev–Trinajstić information content (AvgIpc) is 3.21. The molecule has 1 aromatic heterocycles. The van der Waals surface area contributed by atoms with Crippen molar-refractivity contribution in [1.82, 2.24) is 5.32 Å². The number of thiophene rings is 1. The second-order valence-corrected chi connectivity index (χ2v) is 6.47. The maximum Gasteiger partial charge on any atom is 0.308 e. The summed E-state index contributed by atoms with van der Waals surface area (Å²) >= 11 is 1.34. The van der Waals surface area contributed by atoms with Crippen LogP contribution < -0.4 is 10.1 Å². The molecule has 1 aliphatic heterocycles. The van der Waals surface area contributed by atoms with Crippen molar-refractivity contribution >= 4 is 23.6 Å². The van der Waals surface area contributed by atoms with Crippen LogP contribution in [0.4, 0.5) is 0 Å². The number of hydrogen-bond donors (Lipinski definition) is 2. The fourth-order valence-electron chi connectivity index (χ4n) is 2.57. The smallest absolute Gasteiger partial charge is 0.308 e. The maximum atomic E-state index is 11.6. The van der Waals surface area contributed by atoms with E-state index in [4.69, 9.17) is 14.6 Å². The predicted octanol–water partition coefficient (Wildman–Crippen LogP) is 1.79. The maximum absolute atomic E-state index is 11.6. The van der Waals surface area contributed by atoms with E-state index in [0.717, 1.165) is 16.7 Å². The van der Waals surface area contributed by atoms with Gasteiger partial charge < -0.3 is 14.6 Å². The molecule has 3 rings (SSSR count). The number of carbonyl (C=O) groups is 2. The van der Waals surface area contributed by atoms with Crippen molar-refractivity contribution in [3.63, 3.8) is 0 Å². The standard InChI is InChI=1S/C17H17NO5S/c19-11-17(12-4-2-1-3-5-12)18-8-14(23-17)9-22-13-6-15(24-10-13)7-16(20)21/h1-6,10-11,14,18H,7-9H2,(H,20,21). The molecule has 6 nitrogen and oxygen atoms in total. The number of carboxylic acids is 1. The molecule has 0 amide bonds. The zero-order chi connectivity index (χ0) is 17.0. The molecule has 24 heavy (non-hydrogen) atoms. The molecule has 1 fully saturated rings.